The third kappa shape index (κ3) is 6.39. The van der Waals surface area contributed by atoms with Crippen molar-refractivity contribution < 1.29 is 19.1 Å². The number of hydrogen-bond acceptors (Lipinski definition) is 7. The second kappa shape index (κ2) is 12.0. The monoisotopic (exact) mass is 555 g/mol. The summed E-state index contributed by atoms with van der Waals surface area (Å²) in [6.45, 7) is 0. The summed E-state index contributed by atoms with van der Waals surface area (Å²) >= 11 is 2.74. The van der Waals surface area contributed by atoms with Gasteiger partial charge in [0, 0.05) is 27.1 Å². The SMILES string of the molecule is COc1ccc(-c2csc(NC(=O)CSc3cccc(NC(=O)c4ccc5ccccc5c4)c3)n2)cc1OC. The van der Waals surface area contributed by atoms with E-state index in [4.69, 9.17) is 9.47 Å². The van der Waals surface area contributed by atoms with Crippen molar-refractivity contribution in [2.45, 2.75) is 4.90 Å². The maximum atomic E-state index is 12.8. The van der Waals surface area contributed by atoms with Gasteiger partial charge in [-0.2, -0.15) is 0 Å². The van der Waals surface area contributed by atoms with Gasteiger partial charge in [-0.1, -0.05) is 36.4 Å². The van der Waals surface area contributed by atoms with Gasteiger partial charge in [-0.3, -0.25) is 9.59 Å². The van der Waals surface area contributed by atoms with Gasteiger partial charge in [-0.05, 0) is 59.3 Å². The Bertz CT molecular complexity index is 1650. The summed E-state index contributed by atoms with van der Waals surface area (Å²) in [6.07, 6.45) is 0. The Balaban J connectivity index is 1.17. The average Bonchev–Trinajstić information content (AvgIpc) is 3.44. The van der Waals surface area contributed by atoms with E-state index >= 15 is 0 Å². The minimum Gasteiger partial charge on any atom is -0.493 e. The summed E-state index contributed by atoms with van der Waals surface area (Å²) in [7, 11) is 3.17. The smallest absolute Gasteiger partial charge is 0.255 e. The lowest BCUT2D eigenvalue weighted by Gasteiger charge is -2.08. The van der Waals surface area contributed by atoms with Crippen molar-refractivity contribution in [1.82, 2.24) is 4.98 Å². The molecule has 0 saturated carbocycles. The van der Waals surface area contributed by atoms with E-state index in [1.807, 2.05) is 90.3 Å². The molecule has 0 aliphatic heterocycles. The van der Waals surface area contributed by atoms with Gasteiger partial charge in [-0.25, -0.2) is 4.98 Å². The molecule has 1 aromatic heterocycles. The molecule has 0 aliphatic carbocycles. The lowest BCUT2D eigenvalue weighted by Crippen LogP contribution is -2.14. The zero-order valence-electron chi connectivity index (χ0n) is 21.3. The number of carbonyl (C=O) groups excluding carboxylic acids is 2. The topological polar surface area (TPSA) is 89.6 Å². The lowest BCUT2D eigenvalue weighted by atomic mass is 10.1. The number of anilines is 2. The number of thioether (sulfide) groups is 1. The molecule has 0 radical (unpaired) electrons. The average molecular weight is 556 g/mol. The van der Waals surface area contributed by atoms with Crippen molar-refractivity contribution in [3.8, 4) is 22.8 Å². The van der Waals surface area contributed by atoms with Gasteiger partial charge in [-0.15, -0.1) is 23.1 Å². The Morgan fingerprint density at radius 3 is 2.49 bits per heavy atom. The molecule has 1 heterocycles. The molecule has 9 heteroatoms. The van der Waals surface area contributed by atoms with Crippen molar-refractivity contribution in [3.05, 3.63) is 95.9 Å². The van der Waals surface area contributed by atoms with E-state index in [1.54, 1.807) is 14.2 Å². The Kier molecular flexibility index (Phi) is 8.10. The Morgan fingerprint density at radius 2 is 1.67 bits per heavy atom. The summed E-state index contributed by atoms with van der Waals surface area (Å²) in [6, 6.07) is 26.6. The molecule has 5 aromatic rings. The van der Waals surface area contributed by atoms with Gasteiger partial charge in [0.25, 0.3) is 5.91 Å². The maximum absolute atomic E-state index is 12.8. The normalized spacial score (nSPS) is 10.7. The van der Waals surface area contributed by atoms with Crippen LogP contribution in [0.25, 0.3) is 22.0 Å². The number of hydrogen-bond donors (Lipinski definition) is 2. The summed E-state index contributed by atoms with van der Waals surface area (Å²) in [4.78, 5) is 30.8. The molecule has 39 heavy (non-hydrogen) atoms. The Labute approximate surface area is 234 Å². The van der Waals surface area contributed by atoms with Crippen LogP contribution in [0.2, 0.25) is 0 Å². The van der Waals surface area contributed by atoms with Crippen LogP contribution in [0.4, 0.5) is 10.8 Å². The summed E-state index contributed by atoms with van der Waals surface area (Å²) in [5, 5.41) is 10.3. The quantitative estimate of drug-likeness (QED) is 0.191. The van der Waals surface area contributed by atoms with Crippen LogP contribution in [0, 0.1) is 0 Å². The van der Waals surface area contributed by atoms with E-state index in [2.05, 4.69) is 15.6 Å². The molecule has 196 valence electrons. The van der Waals surface area contributed by atoms with Crippen molar-refractivity contribution in [2.75, 3.05) is 30.6 Å². The third-order valence-electron chi connectivity index (χ3n) is 5.90. The van der Waals surface area contributed by atoms with Crippen LogP contribution < -0.4 is 20.1 Å². The van der Waals surface area contributed by atoms with Gasteiger partial charge < -0.3 is 20.1 Å². The zero-order chi connectivity index (χ0) is 27.2. The van der Waals surface area contributed by atoms with Crippen molar-refractivity contribution in [2.24, 2.45) is 0 Å². The van der Waals surface area contributed by atoms with Crippen LogP contribution in [0.3, 0.4) is 0 Å². The number of ether oxygens (including phenoxy) is 2. The Hall–Kier alpha value is -4.34. The maximum Gasteiger partial charge on any atom is 0.255 e. The largest absolute Gasteiger partial charge is 0.493 e. The number of rotatable bonds is 9. The second-order valence-corrected chi connectivity index (χ2v) is 10.4. The summed E-state index contributed by atoms with van der Waals surface area (Å²) < 4.78 is 10.7. The molecule has 2 N–H and O–H groups in total. The first-order valence-corrected chi connectivity index (χ1v) is 13.9. The molecule has 5 rings (SSSR count). The first kappa shape index (κ1) is 26.3. The van der Waals surface area contributed by atoms with Crippen molar-refractivity contribution >= 4 is 56.5 Å². The molecule has 0 atom stereocenters. The molecule has 0 aliphatic rings. The van der Waals surface area contributed by atoms with Crippen LogP contribution in [0.15, 0.2) is 95.2 Å². The standard InChI is InChI=1S/C30H25N3O4S2/c1-36-26-13-12-21(15-27(26)37-2)25-17-39-30(32-25)33-28(34)18-38-24-9-5-8-23(16-24)31-29(35)22-11-10-19-6-3-4-7-20(19)14-22/h3-17H,18H2,1-2H3,(H,31,35)(H,32,33,34). The molecular weight excluding hydrogens is 530 g/mol. The van der Waals surface area contributed by atoms with Gasteiger partial charge in [0.15, 0.2) is 16.6 Å². The molecule has 0 fully saturated rings. The highest BCUT2D eigenvalue weighted by Gasteiger charge is 2.12. The minimum atomic E-state index is -0.185. The van der Waals surface area contributed by atoms with Crippen molar-refractivity contribution in [1.29, 1.82) is 0 Å². The number of amides is 2. The number of nitrogens with zero attached hydrogens (tertiary/aromatic N) is 1. The minimum absolute atomic E-state index is 0.168. The molecular formula is C30H25N3O4S2. The molecule has 7 nitrogen and oxygen atoms in total. The van der Waals surface area contributed by atoms with E-state index in [0.29, 0.717) is 27.9 Å². The van der Waals surface area contributed by atoms with Gasteiger partial charge in [0.05, 0.1) is 25.7 Å². The predicted octanol–water partition coefficient (Wildman–Crippen LogP) is 6.96. The fourth-order valence-electron chi connectivity index (χ4n) is 3.96. The first-order valence-electron chi connectivity index (χ1n) is 12.0. The van der Waals surface area contributed by atoms with Gasteiger partial charge >= 0.3 is 0 Å². The van der Waals surface area contributed by atoms with E-state index < -0.39 is 0 Å². The van der Waals surface area contributed by atoms with E-state index in [9.17, 15) is 9.59 Å². The fourth-order valence-corrected chi connectivity index (χ4v) is 5.45. The number of carbonyl (C=O) groups is 2. The number of benzene rings is 4. The third-order valence-corrected chi connectivity index (χ3v) is 7.65. The van der Waals surface area contributed by atoms with Crippen LogP contribution in [0.5, 0.6) is 11.5 Å². The number of nitrogens with one attached hydrogen (secondary N) is 2. The zero-order valence-corrected chi connectivity index (χ0v) is 22.9. The first-order chi connectivity index (χ1) is 19.0. The molecule has 0 spiro atoms. The van der Waals surface area contributed by atoms with E-state index in [0.717, 1.165) is 26.9 Å². The Morgan fingerprint density at radius 1 is 0.846 bits per heavy atom. The lowest BCUT2D eigenvalue weighted by molar-refractivity contribution is -0.113. The van der Waals surface area contributed by atoms with Crippen LogP contribution >= 0.6 is 23.1 Å². The molecule has 0 saturated heterocycles. The van der Waals surface area contributed by atoms with Gasteiger partial charge in [0.1, 0.15) is 0 Å². The number of methoxy groups -OCH3 is 2. The molecule has 0 bridgehead atoms. The summed E-state index contributed by atoms with van der Waals surface area (Å²) in [5.74, 6) is 1.10. The number of fused-ring (bicyclic) bond motifs is 1. The molecule has 4 aromatic carbocycles. The second-order valence-electron chi connectivity index (χ2n) is 8.49. The van der Waals surface area contributed by atoms with Crippen molar-refractivity contribution in [3.63, 3.8) is 0 Å². The highest BCUT2D eigenvalue weighted by Crippen LogP contribution is 2.33. The summed E-state index contributed by atoms with van der Waals surface area (Å²) in [5.41, 5.74) is 2.85. The fraction of sp³-hybridized carbons (Fsp3) is 0.100. The highest BCUT2D eigenvalue weighted by atomic mass is 32.2. The molecule has 2 amide bonds. The highest BCUT2D eigenvalue weighted by molar-refractivity contribution is 8.00. The van der Waals surface area contributed by atoms with Gasteiger partial charge in [0.2, 0.25) is 5.91 Å². The number of aromatic nitrogens is 1. The molecule has 0 unspecified atom stereocenters. The van der Waals surface area contributed by atoms with E-state index in [-0.39, 0.29) is 17.6 Å². The number of thiazole rings is 1. The van der Waals surface area contributed by atoms with Crippen LogP contribution in [-0.2, 0) is 4.79 Å². The van der Waals surface area contributed by atoms with Crippen LogP contribution in [-0.4, -0.2) is 36.8 Å². The van der Waals surface area contributed by atoms with Crippen LogP contribution in [0.1, 0.15) is 10.4 Å². The van der Waals surface area contributed by atoms with E-state index in [1.165, 1.54) is 23.1 Å². The predicted molar refractivity (Wildman–Crippen MR) is 158 cm³/mol.